The molecule has 2 bridgehead atoms. The van der Waals surface area contributed by atoms with Gasteiger partial charge in [-0.05, 0) is 42.9 Å². The zero-order valence-electron chi connectivity index (χ0n) is 6.61. The first kappa shape index (κ1) is 6.24. The van der Waals surface area contributed by atoms with Crippen LogP contribution in [0.1, 0.15) is 19.3 Å². The van der Waals surface area contributed by atoms with Gasteiger partial charge < -0.3 is 5.11 Å². The van der Waals surface area contributed by atoms with E-state index in [2.05, 4.69) is 12.2 Å². The fourth-order valence-corrected chi connectivity index (χ4v) is 3.52. The number of hydrogen-bond donors (Lipinski definition) is 1. The van der Waals surface area contributed by atoms with Gasteiger partial charge in [0.15, 0.2) is 0 Å². The van der Waals surface area contributed by atoms with Crippen molar-refractivity contribution in [1.82, 2.24) is 0 Å². The van der Waals surface area contributed by atoms with Crippen molar-refractivity contribution in [3.05, 3.63) is 12.2 Å². The van der Waals surface area contributed by atoms with Crippen LogP contribution in [-0.4, -0.2) is 11.2 Å². The molecule has 0 radical (unpaired) electrons. The van der Waals surface area contributed by atoms with Gasteiger partial charge in [0.1, 0.15) is 0 Å². The van der Waals surface area contributed by atoms with Gasteiger partial charge in [-0.25, -0.2) is 0 Å². The summed E-state index contributed by atoms with van der Waals surface area (Å²) in [5.74, 6) is 3.16. The largest absolute Gasteiger partial charge is 0.393 e. The van der Waals surface area contributed by atoms with Gasteiger partial charge >= 0.3 is 0 Å². The Balaban J connectivity index is 1.94. The zero-order valence-corrected chi connectivity index (χ0v) is 6.61. The van der Waals surface area contributed by atoms with E-state index >= 15 is 0 Å². The first-order chi connectivity index (χ1) is 5.36. The lowest BCUT2D eigenvalue weighted by atomic mass is 9.80. The van der Waals surface area contributed by atoms with E-state index in [1.165, 1.54) is 12.8 Å². The minimum absolute atomic E-state index is 0.0427. The van der Waals surface area contributed by atoms with Crippen molar-refractivity contribution in [2.24, 2.45) is 23.7 Å². The van der Waals surface area contributed by atoms with Gasteiger partial charge in [-0.3, -0.25) is 0 Å². The monoisotopic (exact) mass is 150 g/mol. The normalized spacial score (nSPS) is 58.8. The summed E-state index contributed by atoms with van der Waals surface area (Å²) in [6.07, 6.45) is 8.37. The van der Waals surface area contributed by atoms with E-state index < -0.39 is 0 Å². The molecular weight excluding hydrogens is 136 g/mol. The third-order valence-corrected chi connectivity index (χ3v) is 3.97. The van der Waals surface area contributed by atoms with Gasteiger partial charge in [-0.15, -0.1) is 0 Å². The van der Waals surface area contributed by atoms with Crippen LogP contribution in [0.15, 0.2) is 12.2 Å². The Labute approximate surface area is 67.1 Å². The molecule has 0 spiro atoms. The van der Waals surface area contributed by atoms with Crippen molar-refractivity contribution in [3.63, 3.8) is 0 Å². The summed E-state index contributed by atoms with van der Waals surface area (Å²) >= 11 is 0. The van der Waals surface area contributed by atoms with Gasteiger partial charge in [0.25, 0.3) is 0 Å². The van der Waals surface area contributed by atoms with E-state index in [4.69, 9.17) is 0 Å². The molecule has 0 aromatic rings. The summed E-state index contributed by atoms with van der Waals surface area (Å²) in [4.78, 5) is 0. The van der Waals surface area contributed by atoms with Crippen molar-refractivity contribution < 1.29 is 5.11 Å². The number of hydrogen-bond acceptors (Lipinski definition) is 1. The van der Waals surface area contributed by atoms with Crippen LogP contribution in [0, 0.1) is 23.7 Å². The minimum Gasteiger partial charge on any atom is -0.393 e. The topological polar surface area (TPSA) is 20.2 Å². The molecule has 3 aliphatic carbocycles. The van der Waals surface area contributed by atoms with Crippen LogP contribution < -0.4 is 0 Å². The van der Waals surface area contributed by atoms with Crippen LogP contribution in [0.3, 0.4) is 0 Å². The van der Waals surface area contributed by atoms with Crippen LogP contribution in [0.4, 0.5) is 0 Å². The van der Waals surface area contributed by atoms with E-state index in [1.807, 2.05) is 0 Å². The third kappa shape index (κ3) is 0.652. The quantitative estimate of drug-likeness (QED) is 0.520. The first-order valence-electron chi connectivity index (χ1n) is 4.71. The molecule has 11 heavy (non-hydrogen) atoms. The lowest BCUT2D eigenvalue weighted by molar-refractivity contribution is 0.0697. The van der Waals surface area contributed by atoms with Crippen LogP contribution in [0.2, 0.25) is 0 Å². The average Bonchev–Trinajstić information content (AvgIpc) is 2.52. The molecule has 0 saturated heterocycles. The molecule has 1 heteroatoms. The van der Waals surface area contributed by atoms with Gasteiger partial charge in [-0.1, -0.05) is 12.2 Å². The zero-order chi connectivity index (χ0) is 7.42. The maximum Gasteiger partial charge on any atom is 0.0574 e. The van der Waals surface area contributed by atoms with E-state index in [0.29, 0.717) is 5.92 Å². The Morgan fingerprint density at radius 2 is 2.09 bits per heavy atom. The maximum absolute atomic E-state index is 9.64. The third-order valence-electron chi connectivity index (χ3n) is 3.97. The highest BCUT2D eigenvalue weighted by atomic mass is 16.3. The van der Waals surface area contributed by atoms with Crippen molar-refractivity contribution in [2.45, 2.75) is 25.4 Å². The Bertz CT molecular complexity index is 209. The standard InChI is InChI=1S/C10H14O/c11-10-5-6-4-9(10)8-3-1-2-7(6)8/h1-2,6-11H,3-5H2/t6-,7+,8-,9+,10-/m1/s1. The van der Waals surface area contributed by atoms with Crippen molar-refractivity contribution in [1.29, 1.82) is 0 Å². The number of rotatable bonds is 0. The van der Waals surface area contributed by atoms with Gasteiger partial charge in [0.2, 0.25) is 0 Å². The highest BCUT2D eigenvalue weighted by Crippen LogP contribution is 2.56. The second-order valence-corrected chi connectivity index (χ2v) is 4.37. The molecule has 3 aliphatic rings. The molecule has 0 aromatic heterocycles. The molecule has 2 saturated carbocycles. The average molecular weight is 150 g/mol. The van der Waals surface area contributed by atoms with Crippen LogP contribution >= 0.6 is 0 Å². The maximum atomic E-state index is 9.64. The Kier molecular flexibility index (Phi) is 1.07. The fourth-order valence-electron chi connectivity index (χ4n) is 3.52. The molecule has 3 rings (SSSR count). The van der Waals surface area contributed by atoms with Crippen LogP contribution in [-0.2, 0) is 0 Å². The Hall–Kier alpha value is -0.300. The molecular formula is C10H14O. The SMILES string of the molecule is O[C@@H]1C[C@H]2C[C@H]1[C@@H]1CC=C[C@@H]21. The highest BCUT2D eigenvalue weighted by molar-refractivity contribution is 5.14. The predicted octanol–water partition coefficient (Wildman–Crippen LogP) is 1.58. The van der Waals surface area contributed by atoms with E-state index in [-0.39, 0.29) is 6.10 Å². The molecule has 0 aromatic carbocycles. The van der Waals surface area contributed by atoms with Gasteiger partial charge in [0.05, 0.1) is 6.10 Å². The number of aliphatic hydroxyl groups excluding tert-OH is 1. The van der Waals surface area contributed by atoms with Crippen molar-refractivity contribution >= 4 is 0 Å². The molecule has 0 unspecified atom stereocenters. The van der Waals surface area contributed by atoms with Crippen LogP contribution in [0.5, 0.6) is 0 Å². The summed E-state index contributed by atoms with van der Waals surface area (Å²) in [7, 11) is 0. The lowest BCUT2D eigenvalue weighted by Crippen LogP contribution is -2.27. The summed E-state index contributed by atoms with van der Waals surface area (Å²) in [6.45, 7) is 0. The van der Waals surface area contributed by atoms with Crippen molar-refractivity contribution in [2.75, 3.05) is 0 Å². The molecule has 5 atom stereocenters. The van der Waals surface area contributed by atoms with Gasteiger partial charge in [0, 0.05) is 0 Å². The summed E-state index contributed by atoms with van der Waals surface area (Å²) in [5.41, 5.74) is 0. The number of fused-ring (bicyclic) bond motifs is 5. The number of allylic oxidation sites excluding steroid dienone is 2. The molecule has 1 N–H and O–H groups in total. The van der Waals surface area contributed by atoms with Crippen molar-refractivity contribution in [3.8, 4) is 0 Å². The predicted molar refractivity (Wildman–Crippen MR) is 43.0 cm³/mol. The summed E-state index contributed by atoms with van der Waals surface area (Å²) in [5, 5.41) is 9.64. The van der Waals surface area contributed by atoms with E-state index in [9.17, 15) is 5.11 Å². The highest BCUT2D eigenvalue weighted by Gasteiger charge is 2.51. The molecule has 1 nitrogen and oxygen atoms in total. The molecule has 0 amide bonds. The minimum atomic E-state index is 0.0427. The second-order valence-electron chi connectivity index (χ2n) is 4.37. The molecule has 0 heterocycles. The second kappa shape index (κ2) is 1.89. The summed E-state index contributed by atoms with van der Waals surface area (Å²) < 4.78 is 0. The Morgan fingerprint density at radius 3 is 3.00 bits per heavy atom. The van der Waals surface area contributed by atoms with Gasteiger partial charge in [-0.2, -0.15) is 0 Å². The first-order valence-corrected chi connectivity index (χ1v) is 4.71. The lowest BCUT2D eigenvalue weighted by Gasteiger charge is -2.27. The summed E-state index contributed by atoms with van der Waals surface area (Å²) in [6, 6.07) is 0. The van der Waals surface area contributed by atoms with Crippen LogP contribution in [0.25, 0.3) is 0 Å². The van der Waals surface area contributed by atoms with E-state index in [1.54, 1.807) is 0 Å². The van der Waals surface area contributed by atoms with E-state index in [0.717, 1.165) is 24.2 Å². The number of aliphatic hydroxyl groups is 1. The molecule has 0 aliphatic heterocycles. The smallest absolute Gasteiger partial charge is 0.0574 e. The molecule has 60 valence electrons. The fraction of sp³-hybridized carbons (Fsp3) is 0.800. The molecule has 2 fully saturated rings. The Morgan fingerprint density at radius 1 is 1.18 bits per heavy atom.